The molecule has 0 aliphatic heterocycles. The van der Waals surface area contributed by atoms with E-state index in [9.17, 15) is 0 Å². The lowest BCUT2D eigenvalue weighted by molar-refractivity contribution is 1.41. The van der Waals surface area contributed by atoms with Crippen LogP contribution in [0.25, 0.3) is 6.08 Å². The molecule has 1 aromatic rings. The first kappa shape index (κ1) is 10.1. The largest absolute Gasteiger partial charge is 0.193 e. The Bertz CT molecular complexity index is 336. The summed E-state index contributed by atoms with van der Waals surface area (Å²) < 4.78 is 0. The Balaban J connectivity index is 2.94. The summed E-state index contributed by atoms with van der Waals surface area (Å²) in [6.07, 6.45) is 1.67. The number of hydrogen-bond acceptors (Lipinski definition) is 1. The van der Waals surface area contributed by atoms with E-state index in [1.165, 1.54) is 0 Å². The van der Waals surface area contributed by atoms with Gasteiger partial charge in [-0.05, 0) is 11.6 Å². The van der Waals surface area contributed by atoms with Gasteiger partial charge >= 0.3 is 0 Å². The second-order valence-corrected chi connectivity index (χ2v) is 3.52. The summed E-state index contributed by atoms with van der Waals surface area (Å²) in [5, 5.41) is 8.67. The molecule has 0 unspecified atom stereocenters. The Hall–Kier alpha value is -0.970. The Morgan fingerprint density at radius 2 is 1.92 bits per heavy atom. The first-order valence-electron chi connectivity index (χ1n) is 3.69. The molecule has 0 aliphatic carbocycles. The van der Waals surface area contributed by atoms with Gasteiger partial charge in [0.2, 0.25) is 0 Å². The van der Waals surface area contributed by atoms with Crippen molar-refractivity contribution in [1.29, 1.82) is 5.26 Å². The van der Waals surface area contributed by atoms with Gasteiger partial charge in [-0.15, -0.1) is 0 Å². The highest BCUT2D eigenvalue weighted by Crippen LogP contribution is 2.16. The van der Waals surface area contributed by atoms with Crippen LogP contribution in [0.15, 0.2) is 35.9 Å². The lowest BCUT2D eigenvalue weighted by Gasteiger charge is -1.97. The zero-order valence-electron chi connectivity index (χ0n) is 6.74. The quantitative estimate of drug-likeness (QED) is 0.544. The molecule has 0 fully saturated rings. The minimum absolute atomic E-state index is 0.356. The summed E-state index contributed by atoms with van der Waals surface area (Å²) in [4.78, 5) is -0.759. The summed E-state index contributed by atoms with van der Waals surface area (Å²) >= 11 is 11.1. The van der Waals surface area contributed by atoms with Crippen molar-refractivity contribution in [2.45, 2.75) is 4.84 Å². The van der Waals surface area contributed by atoms with E-state index in [2.05, 4.69) is 0 Å². The van der Waals surface area contributed by atoms with Crippen LogP contribution in [0, 0.1) is 11.3 Å². The molecule has 66 valence electrons. The zero-order chi connectivity index (χ0) is 9.68. The molecule has 0 amide bonds. The maximum atomic E-state index is 8.67. The summed E-state index contributed by atoms with van der Waals surface area (Å²) in [6, 6.07) is 11.4. The average molecular weight is 212 g/mol. The normalized spacial score (nSPS) is 11.4. The molecule has 3 heteroatoms. The van der Waals surface area contributed by atoms with E-state index < -0.39 is 4.84 Å². The van der Waals surface area contributed by atoms with E-state index in [4.69, 9.17) is 28.5 Å². The van der Waals surface area contributed by atoms with Gasteiger partial charge in [0.15, 0.2) is 0 Å². The number of allylic oxidation sites excluding steroid dienone is 1. The molecule has 0 heterocycles. The van der Waals surface area contributed by atoms with Gasteiger partial charge in [-0.2, -0.15) is 5.26 Å². The van der Waals surface area contributed by atoms with E-state index in [1.807, 2.05) is 36.4 Å². The molecular formula is C10H7Cl2N. The maximum absolute atomic E-state index is 8.67. The summed E-state index contributed by atoms with van der Waals surface area (Å²) in [6.45, 7) is 0. The molecule has 0 saturated carbocycles. The zero-order valence-corrected chi connectivity index (χ0v) is 8.26. The minimum atomic E-state index is -0.759. The smallest absolute Gasteiger partial charge is 0.142 e. The monoisotopic (exact) mass is 211 g/mol. The van der Waals surface area contributed by atoms with Gasteiger partial charge in [-0.25, -0.2) is 0 Å². The predicted octanol–water partition coefficient (Wildman–Crippen LogP) is 3.40. The number of benzene rings is 1. The van der Waals surface area contributed by atoms with Crippen molar-refractivity contribution < 1.29 is 0 Å². The Morgan fingerprint density at radius 3 is 2.38 bits per heavy atom. The molecule has 0 aliphatic rings. The van der Waals surface area contributed by atoms with Gasteiger partial charge in [0.25, 0.3) is 0 Å². The van der Waals surface area contributed by atoms with Gasteiger partial charge in [0.1, 0.15) is 4.84 Å². The molecule has 0 saturated heterocycles. The highest BCUT2D eigenvalue weighted by atomic mass is 35.5. The van der Waals surface area contributed by atoms with E-state index >= 15 is 0 Å². The van der Waals surface area contributed by atoms with Gasteiger partial charge in [0.05, 0.1) is 11.6 Å². The lowest BCUT2D eigenvalue weighted by Crippen LogP contribution is -1.89. The van der Waals surface area contributed by atoms with Crippen molar-refractivity contribution in [3.05, 3.63) is 41.5 Å². The van der Waals surface area contributed by atoms with Crippen LogP contribution in [0.1, 0.15) is 5.56 Å². The standard InChI is InChI=1S/C10H7Cl2N/c11-10(12)9(7-13)6-8-4-2-1-3-5-8/h1-6,10H. The molecule has 13 heavy (non-hydrogen) atoms. The van der Waals surface area contributed by atoms with Crippen molar-refractivity contribution in [2.75, 3.05) is 0 Å². The topological polar surface area (TPSA) is 23.8 Å². The van der Waals surface area contributed by atoms with Crippen LogP contribution in [0.2, 0.25) is 0 Å². The number of alkyl halides is 2. The summed E-state index contributed by atoms with van der Waals surface area (Å²) in [7, 11) is 0. The van der Waals surface area contributed by atoms with Crippen LogP contribution in [-0.4, -0.2) is 4.84 Å². The van der Waals surface area contributed by atoms with Crippen molar-refractivity contribution in [1.82, 2.24) is 0 Å². The third-order valence-corrected chi connectivity index (χ3v) is 1.96. The second-order valence-electron chi connectivity index (χ2n) is 2.42. The lowest BCUT2D eigenvalue weighted by atomic mass is 10.1. The van der Waals surface area contributed by atoms with Crippen molar-refractivity contribution >= 4 is 29.3 Å². The Kier molecular flexibility index (Phi) is 3.82. The van der Waals surface area contributed by atoms with Crippen LogP contribution >= 0.6 is 23.2 Å². The molecule has 1 nitrogen and oxygen atoms in total. The molecule has 0 spiro atoms. The fourth-order valence-corrected chi connectivity index (χ4v) is 1.10. The number of nitrogens with zero attached hydrogens (tertiary/aromatic N) is 1. The van der Waals surface area contributed by atoms with Crippen molar-refractivity contribution in [3.63, 3.8) is 0 Å². The number of nitriles is 1. The fraction of sp³-hybridized carbons (Fsp3) is 0.100. The number of halogens is 2. The molecule has 0 atom stereocenters. The third kappa shape index (κ3) is 3.10. The van der Waals surface area contributed by atoms with Crippen molar-refractivity contribution in [3.8, 4) is 6.07 Å². The number of hydrogen-bond donors (Lipinski definition) is 0. The van der Waals surface area contributed by atoms with Crippen LogP contribution in [0.4, 0.5) is 0 Å². The fourth-order valence-electron chi connectivity index (χ4n) is 0.873. The van der Waals surface area contributed by atoms with Crippen LogP contribution < -0.4 is 0 Å². The molecule has 1 rings (SSSR count). The molecule has 0 aromatic heterocycles. The second kappa shape index (κ2) is 4.91. The first-order chi connectivity index (χ1) is 6.24. The summed E-state index contributed by atoms with van der Waals surface area (Å²) in [5.41, 5.74) is 1.28. The summed E-state index contributed by atoms with van der Waals surface area (Å²) in [5.74, 6) is 0. The van der Waals surface area contributed by atoms with E-state index in [0.717, 1.165) is 5.56 Å². The highest BCUT2D eigenvalue weighted by Gasteiger charge is 2.05. The predicted molar refractivity (Wildman–Crippen MR) is 55.5 cm³/mol. The van der Waals surface area contributed by atoms with Crippen LogP contribution in [-0.2, 0) is 0 Å². The first-order valence-corrected chi connectivity index (χ1v) is 4.56. The van der Waals surface area contributed by atoms with E-state index in [0.29, 0.717) is 5.57 Å². The third-order valence-electron chi connectivity index (χ3n) is 1.49. The van der Waals surface area contributed by atoms with Gasteiger partial charge in [0, 0.05) is 0 Å². The van der Waals surface area contributed by atoms with E-state index in [-0.39, 0.29) is 0 Å². The Labute approximate surface area is 87.2 Å². The SMILES string of the molecule is N#CC(=Cc1ccccc1)C(Cl)Cl. The molecular weight excluding hydrogens is 205 g/mol. The highest BCUT2D eigenvalue weighted by molar-refractivity contribution is 6.46. The molecule has 0 bridgehead atoms. The number of rotatable bonds is 2. The molecule has 0 N–H and O–H groups in total. The van der Waals surface area contributed by atoms with E-state index in [1.54, 1.807) is 6.08 Å². The maximum Gasteiger partial charge on any atom is 0.142 e. The van der Waals surface area contributed by atoms with Gasteiger partial charge < -0.3 is 0 Å². The van der Waals surface area contributed by atoms with Crippen molar-refractivity contribution in [2.24, 2.45) is 0 Å². The van der Waals surface area contributed by atoms with Crippen LogP contribution in [0.3, 0.4) is 0 Å². The van der Waals surface area contributed by atoms with Gasteiger partial charge in [-0.1, -0.05) is 53.5 Å². The van der Waals surface area contributed by atoms with Crippen LogP contribution in [0.5, 0.6) is 0 Å². The van der Waals surface area contributed by atoms with Gasteiger partial charge in [-0.3, -0.25) is 0 Å². The minimum Gasteiger partial charge on any atom is -0.193 e. The molecule has 1 aromatic carbocycles. The molecule has 0 radical (unpaired) electrons. The Morgan fingerprint density at radius 1 is 1.31 bits per heavy atom. The average Bonchev–Trinajstić information content (AvgIpc) is 2.15.